The van der Waals surface area contributed by atoms with E-state index in [9.17, 15) is 0 Å². The highest BCUT2D eigenvalue weighted by Gasteiger charge is 2.22. The monoisotopic (exact) mass is 511 g/mol. The summed E-state index contributed by atoms with van der Waals surface area (Å²) in [4.78, 5) is 9.35. The van der Waals surface area contributed by atoms with Crippen molar-refractivity contribution < 1.29 is 4.52 Å². The van der Waals surface area contributed by atoms with Gasteiger partial charge in [0.25, 0.3) is 0 Å². The van der Waals surface area contributed by atoms with Gasteiger partial charge >= 0.3 is 0 Å². The summed E-state index contributed by atoms with van der Waals surface area (Å²) in [6.07, 6.45) is 0. The summed E-state index contributed by atoms with van der Waals surface area (Å²) in [6, 6.07) is 6.57. The molecule has 2 heterocycles. The van der Waals surface area contributed by atoms with Gasteiger partial charge in [0.05, 0.1) is 5.69 Å². The van der Waals surface area contributed by atoms with Crippen molar-refractivity contribution in [2.45, 2.75) is 40.5 Å². The Morgan fingerprint density at radius 2 is 1.86 bits per heavy atom. The van der Waals surface area contributed by atoms with Crippen LogP contribution < -0.4 is 10.2 Å². The molecular weight excluding hydrogens is 477 g/mol. The van der Waals surface area contributed by atoms with Crippen molar-refractivity contribution in [1.29, 1.82) is 0 Å². The molecule has 2 aromatic rings. The van der Waals surface area contributed by atoms with Gasteiger partial charge in [0, 0.05) is 56.9 Å². The first-order chi connectivity index (χ1) is 13.4. The molecule has 0 radical (unpaired) electrons. The van der Waals surface area contributed by atoms with Gasteiger partial charge in [-0.3, -0.25) is 4.99 Å². The lowest BCUT2D eigenvalue weighted by molar-refractivity contribution is 0.371. The first kappa shape index (κ1) is 23.5. The third-order valence-corrected chi connectivity index (χ3v) is 5.86. The van der Waals surface area contributed by atoms with Crippen LogP contribution in [-0.2, 0) is 0 Å². The number of aryl methyl sites for hydroxylation is 3. The number of piperazine rings is 1. The van der Waals surface area contributed by atoms with Crippen molar-refractivity contribution in [3.63, 3.8) is 0 Å². The zero-order valence-electron chi connectivity index (χ0n) is 18.5. The molecule has 6 nitrogen and oxygen atoms in total. The molecular formula is C22H34IN5O. The normalized spacial score (nSPS) is 15.9. The third kappa shape index (κ3) is 5.24. The minimum absolute atomic E-state index is 0. The van der Waals surface area contributed by atoms with Gasteiger partial charge in [0.1, 0.15) is 5.76 Å². The fourth-order valence-electron chi connectivity index (χ4n) is 4.11. The van der Waals surface area contributed by atoms with Crippen molar-refractivity contribution >= 4 is 35.6 Å². The molecule has 0 bridgehead atoms. The van der Waals surface area contributed by atoms with E-state index in [1.54, 1.807) is 0 Å². The molecule has 1 atom stereocenters. The second-order valence-electron chi connectivity index (χ2n) is 7.76. The number of rotatable bonds is 4. The molecule has 1 aromatic carbocycles. The van der Waals surface area contributed by atoms with Crippen LogP contribution in [0.2, 0.25) is 0 Å². The van der Waals surface area contributed by atoms with Gasteiger partial charge in [-0.05, 0) is 44.9 Å². The van der Waals surface area contributed by atoms with Crippen LogP contribution in [0.5, 0.6) is 0 Å². The van der Waals surface area contributed by atoms with Crippen LogP contribution in [-0.4, -0.2) is 55.8 Å². The van der Waals surface area contributed by atoms with E-state index in [4.69, 9.17) is 4.52 Å². The van der Waals surface area contributed by atoms with Gasteiger partial charge < -0.3 is 19.6 Å². The van der Waals surface area contributed by atoms with Crippen molar-refractivity contribution in [3.05, 3.63) is 46.3 Å². The number of hydrogen-bond acceptors (Lipinski definition) is 4. The highest BCUT2D eigenvalue weighted by Crippen LogP contribution is 2.24. The molecule has 0 aliphatic carbocycles. The van der Waals surface area contributed by atoms with E-state index in [0.29, 0.717) is 5.92 Å². The fraction of sp³-hybridized carbons (Fsp3) is 0.545. The Balaban J connectivity index is 0.00000300. The van der Waals surface area contributed by atoms with E-state index in [1.807, 2.05) is 20.9 Å². The quantitative estimate of drug-likeness (QED) is 0.382. The number of guanidine groups is 1. The molecule has 3 rings (SSSR count). The van der Waals surface area contributed by atoms with Crippen LogP contribution in [0.15, 0.2) is 27.7 Å². The lowest BCUT2D eigenvalue weighted by Gasteiger charge is -2.38. The molecule has 0 spiro atoms. The Bertz CT molecular complexity index is 820. The molecule has 160 valence electrons. The lowest BCUT2D eigenvalue weighted by Crippen LogP contribution is -2.53. The van der Waals surface area contributed by atoms with Gasteiger partial charge in [-0.15, -0.1) is 24.0 Å². The summed E-state index contributed by atoms with van der Waals surface area (Å²) >= 11 is 0. The average Bonchev–Trinajstić information content (AvgIpc) is 3.03. The molecule has 0 amide bonds. The predicted octanol–water partition coefficient (Wildman–Crippen LogP) is 4.03. The summed E-state index contributed by atoms with van der Waals surface area (Å²) < 4.78 is 5.31. The molecule has 29 heavy (non-hydrogen) atoms. The zero-order chi connectivity index (χ0) is 20.3. The summed E-state index contributed by atoms with van der Waals surface area (Å²) in [5.41, 5.74) is 6.26. The predicted molar refractivity (Wildman–Crippen MR) is 131 cm³/mol. The average molecular weight is 511 g/mol. The van der Waals surface area contributed by atoms with E-state index in [-0.39, 0.29) is 24.0 Å². The number of halogens is 1. The molecule has 1 unspecified atom stereocenters. The van der Waals surface area contributed by atoms with Gasteiger partial charge in [-0.25, -0.2) is 0 Å². The van der Waals surface area contributed by atoms with E-state index in [0.717, 1.165) is 50.1 Å². The Hall–Kier alpha value is -1.77. The number of benzene rings is 1. The minimum atomic E-state index is 0. The van der Waals surface area contributed by atoms with Crippen LogP contribution >= 0.6 is 24.0 Å². The molecule has 1 aliphatic heterocycles. The standard InChI is InChI=1S/C22H33N5O.HI/c1-15-8-7-9-20(17(15)3)26-10-12-27(13-11-26)22(23-6)24-14-16(2)21-18(4)25-28-19(21)5;/h7-9,16H,10-14H2,1-6H3,(H,23,24);1H. The second-order valence-corrected chi connectivity index (χ2v) is 7.76. The van der Waals surface area contributed by atoms with E-state index >= 15 is 0 Å². The van der Waals surface area contributed by atoms with Crippen molar-refractivity contribution in [1.82, 2.24) is 15.4 Å². The van der Waals surface area contributed by atoms with Gasteiger partial charge in [-0.1, -0.05) is 24.2 Å². The number of hydrogen-bond donors (Lipinski definition) is 1. The topological polar surface area (TPSA) is 56.9 Å². The fourth-order valence-corrected chi connectivity index (χ4v) is 4.11. The lowest BCUT2D eigenvalue weighted by atomic mass is 10.00. The van der Waals surface area contributed by atoms with Crippen molar-refractivity contribution in [2.24, 2.45) is 4.99 Å². The van der Waals surface area contributed by atoms with Gasteiger partial charge in [0.2, 0.25) is 0 Å². The molecule has 7 heteroatoms. The smallest absolute Gasteiger partial charge is 0.193 e. The van der Waals surface area contributed by atoms with Crippen molar-refractivity contribution in [2.75, 3.05) is 44.7 Å². The molecule has 1 saturated heterocycles. The number of anilines is 1. The second kappa shape index (κ2) is 10.3. The zero-order valence-corrected chi connectivity index (χ0v) is 20.8. The maximum atomic E-state index is 5.31. The number of aromatic nitrogens is 1. The largest absolute Gasteiger partial charge is 0.368 e. The van der Waals surface area contributed by atoms with Crippen LogP contribution in [0.25, 0.3) is 0 Å². The summed E-state index contributed by atoms with van der Waals surface area (Å²) in [7, 11) is 1.86. The minimum Gasteiger partial charge on any atom is -0.368 e. The number of nitrogens with one attached hydrogen (secondary N) is 1. The van der Waals surface area contributed by atoms with Crippen LogP contribution in [0.4, 0.5) is 5.69 Å². The Morgan fingerprint density at radius 3 is 2.45 bits per heavy atom. The Kier molecular flexibility index (Phi) is 8.36. The summed E-state index contributed by atoms with van der Waals surface area (Å²) in [5, 5.41) is 7.62. The maximum Gasteiger partial charge on any atom is 0.193 e. The SMILES string of the molecule is CN=C(NCC(C)c1c(C)noc1C)N1CCN(c2cccc(C)c2C)CC1.I. The van der Waals surface area contributed by atoms with Crippen molar-refractivity contribution in [3.8, 4) is 0 Å². The highest BCUT2D eigenvalue weighted by molar-refractivity contribution is 14.0. The molecule has 1 N–H and O–H groups in total. The van der Waals surface area contributed by atoms with Gasteiger partial charge in [-0.2, -0.15) is 0 Å². The third-order valence-electron chi connectivity index (χ3n) is 5.86. The number of nitrogens with zero attached hydrogens (tertiary/aromatic N) is 4. The molecule has 1 aliphatic rings. The van der Waals surface area contributed by atoms with Gasteiger partial charge in [0.15, 0.2) is 5.96 Å². The molecule has 0 saturated carbocycles. The number of aliphatic imine (C=N–C) groups is 1. The van der Waals surface area contributed by atoms with E-state index < -0.39 is 0 Å². The van der Waals surface area contributed by atoms with Crippen LogP contribution in [0, 0.1) is 27.7 Å². The first-order valence-electron chi connectivity index (χ1n) is 10.1. The highest BCUT2D eigenvalue weighted by atomic mass is 127. The summed E-state index contributed by atoms with van der Waals surface area (Å²) in [5.74, 6) is 2.20. The van der Waals surface area contributed by atoms with E-state index in [2.05, 4.69) is 64.2 Å². The maximum absolute atomic E-state index is 5.31. The molecule has 1 fully saturated rings. The Labute approximate surface area is 191 Å². The first-order valence-corrected chi connectivity index (χ1v) is 10.1. The Morgan fingerprint density at radius 1 is 1.17 bits per heavy atom. The van der Waals surface area contributed by atoms with Crippen LogP contribution in [0.3, 0.4) is 0 Å². The molecule has 1 aromatic heterocycles. The van der Waals surface area contributed by atoms with Crippen LogP contribution in [0.1, 0.15) is 41.0 Å². The summed E-state index contributed by atoms with van der Waals surface area (Å²) in [6.45, 7) is 15.3. The van der Waals surface area contributed by atoms with E-state index in [1.165, 1.54) is 22.4 Å².